The van der Waals surface area contributed by atoms with Crippen molar-refractivity contribution in [1.29, 1.82) is 0 Å². The Labute approximate surface area is 137 Å². The molecule has 0 bridgehead atoms. The van der Waals surface area contributed by atoms with Crippen molar-refractivity contribution in [3.8, 4) is 0 Å². The average molecular weight is 358 g/mol. The van der Waals surface area contributed by atoms with Crippen LogP contribution in [0.5, 0.6) is 0 Å². The zero-order valence-electron chi connectivity index (χ0n) is 13.1. The molecule has 2 fully saturated rings. The van der Waals surface area contributed by atoms with E-state index in [0.717, 1.165) is 11.3 Å². The Balaban J connectivity index is 1.71. The quantitative estimate of drug-likeness (QED) is 0.675. The first kappa shape index (κ1) is 19.2. The van der Waals surface area contributed by atoms with Crippen LogP contribution in [0.25, 0.3) is 0 Å². The van der Waals surface area contributed by atoms with Crippen LogP contribution in [0.15, 0.2) is 0 Å². The van der Waals surface area contributed by atoms with Gasteiger partial charge in [0.2, 0.25) is 0 Å². The van der Waals surface area contributed by atoms with E-state index in [0.29, 0.717) is 38.4 Å². The van der Waals surface area contributed by atoms with Gasteiger partial charge in [-0.05, 0) is 31.7 Å². The molecule has 1 aliphatic heterocycles. The number of halogens is 4. The average Bonchev–Trinajstić information content (AvgIpc) is 2.46. The summed E-state index contributed by atoms with van der Waals surface area (Å²) in [4.78, 5) is 14.3. The van der Waals surface area contributed by atoms with Gasteiger partial charge in [-0.3, -0.25) is 4.90 Å². The van der Waals surface area contributed by atoms with Crippen LogP contribution in [0.1, 0.15) is 19.3 Å². The van der Waals surface area contributed by atoms with E-state index in [2.05, 4.69) is 9.47 Å². The standard InChI is InChI=1S/C14H22F4N2O4/c15-12(16)23-8-10-7-19(3-4-20(10)14(21)22)2-1-9-5-11(6-9)24-13(17)18/h9-13H,1-8H2,(H,21,22). The Morgan fingerprint density at radius 2 is 1.88 bits per heavy atom. The number of carbonyl (C=O) groups is 1. The first-order valence-electron chi connectivity index (χ1n) is 7.90. The summed E-state index contributed by atoms with van der Waals surface area (Å²) in [5.41, 5.74) is 0. The summed E-state index contributed by atoms with van der Waals surface area (Å²) in [6, 6.07) is -0.637. The van der Waals surface area contributed by atoms with E-state index < -0.39 is 25.4 Å². The predicted molar refractivity (Wildman–Crippen MR) is 75.1 cm³/mol. The highest BCUT2D eigenvalue weighted by Gasteiger charge is 2.34. The number of amides is 1. The number of rotatable bonds is 8. The second kappa shape index (κ2) is 8.82. The van der Waals surface area contributed by atoms with E-state index in [1.807, 2.05) is 4.90 Å². The fourth-order valence-electron chi connectivity index (χ4n) is 3.23. The highest BCUT2D eigenvalue weighted by atomic mass is 19.3. The van der Waals surface area contributed by atoms with Gasteiger partial charge in [0, 0.05) is 19.6 Å². The smallest absolute Gasteiger partial charge is 0.407 e. The molecule has 6 nitrogen and oxygen atoms in total. The van der Waals surface area contributed by atoms with Gasteiger partial charge in [0.05, 0.1) is 18.8 Å². The van der Waals surface area contributed by atoms with Gasteiger partial charge in [0.25, 0.3) is 0 Å². The molecule has 2 aliphatic rings. The lowest BCUT2D eigenvalue weighted by Gasteiger charge is -2.41. The first-order valence-corrected chi connectivity index (χ1v) is 7.90. The summed E-state index contributed by atoms with van der Waals surface area (Å²) in [5.74, 6) is 0.307. The van der Waals surface area contributed by atoms with Gasteiger partial charge < -0.3 is 19.5 Å². The summed E-state index contributed by atoms with van der Waals surface area (Å²) in [6.45, 7) is -4.29. The van der Waals surface area contributed by atoms with Gasteiger partial charge in [0.1, 0.15) is 0 Å². The number of ether oxygens (including phenoxy) is 2. The number of carboxylic acid groups (broad SMARTS) is 1. The zero-order chi connectivity index (χ0) is 17.7. The highest BCUT2D eigenvalue weighted by molar-refractivity contribution is 5.65. The van der Waals surface area contributed by atoms with Crippen LogP contribution < -0.4 is 0 Å². The van der Waals surface area contributed by atoms with Crippen molar-refractivity contribution in [3.63, 3.8) is 0 Å². The number of alkyl halides is 4. The maximum atomic E-state index is 12.2. The van der Waals surface area contributed by atoms with Crippen LogP contribution in [0, 0.1) is 5.92 Å². The minimum absolute atomic E-state index is 0.231. The monoisotopic (exact) mass is 358 g/mol. The molecule has 10 heteroatoms. The number of hydrogen-bond donors (Lipinski definition) is 1. The lowest BCUT2D eigenvalue weighted by molar-refractivity contribution is -0.191. The Kier molecular flexibility index (Phi) is 7.05. The third kappa shape index (κ3) is 5.75. The molecular formula is C14H22F4N2O4. The number of hydrogen-bond acceptors (Lipinski definition) is 4. The fraction of sp³-hybridized carbons (Fsp3) is 0.929. The Morgan fingerprint density at radius 3 is 2.46 bits per heavy atom. The molecule has 0 aromatic rings. The minimum Gasteiger partial charge on any atom is -0.465 e. The molecule has 1 saturated heterocycles. The van der Waals surface area contributed by atoms with Crippen LogP contribution in [0.4, 0.5) is 22.4 Å². The normalized spacial score (nSPS) is 28.4. The molecule has 0 spiro atoms. The molecular weight excluding hydrogens is 336 g/mol. The van der Waals surface area contributed by atoms with Crippen molar-refractivity contribution in [1.82, 2.24) is 9.80 Å². The summed E-state index contributed by atoms with van der Waals surface area (Å²) < 4.78 is 57.1. The van der Waals surface area contributed by atoms with Gasteiger partial charge in [-0.2, -0.15) is 17.6 Å². The minimum atomic E-state index is -2.93. The maximum Gasteiger partial charge on any atom is 0.407 e. The van der Waals surface area contributed by atoms with Gasteiger partial charge in [-0.25, -0.2) is 4.79 Å². The summed E-state index contributed by atoms with van der Waals surface area (Å²) in [7, 11) is 0. The molecule has 1 aliphatic carbocycles. The van der Waals surface area contributed by atoms with E-state index in [9.17, 15) is 22.4 Å². The Morgan fingerprint density at radius 1 is 1.17 bits per heavy atom. The van der Waals surface area contributed by atoms with Crippen molar-refractivity contribution in [3.05, 3.63) is 0 Å². The van der Waals surface area contributed by atoms with Gasteiger partial charge >= 0.3 is 19.3 Å². The molecule has 0 aromatic carbocycles. The summed E-state index contributed by atoms with van der Waals surface area (Å²) in [5, 5.41) is 9.12. The maximum absolute atomic E-state index is 12.2. The molecule has 140 valence electrons. The second-order valence-electron chi connectivity index (χ2n) is 6.17. The van der Waals surface area contributed by atoms with Crippen LogP contribution in [0.3, 0.4) is 0 Å². The topological polar surface area (TPSA) is 62.2 Å². The van der Waals surface area contributed by atoms with Gasteiger partial charge in [-0.15, -0.1) is 0 Å². The fourth-order valence-corrected chi connectivity index (χ4v) is 3.23. The Hall–Kier alpha value is -1.13. The third-order valence-corrected chi connectivity index (χ3v) is 4.57. The van der Waals surface area contributed by atoms with Crippen molar-refractivity contribution in [2.24, 2.45) is 5.92 Å². The first-order chi connectivity index (χ1) is 11.3. The van der Waals surface area contributed by atoms with Crippen LogP contribution in [-0.2, 0) is 9.47 Å². The lowest BCUT2D eigenvalue weighted by atomic mass is 9.80. The summed E-state index contributed by atoms with van der Waals surface area (Å²) in [6.07, 6.45) is 0.447. The zero-order valence-corrected chi connectivity index (χ0v) is 13.1. The second-order valence-corrected chi connectivity index (χ2v) is 6.17. The largest absolute Gasteiger partial charge is 0.465 e. The molecule has 1 N–H and O–H groups in total. The molecule has 0 aromatic heterocycles. The van der Waals surface area contributed by atoms with Crippen molar-refractivity contribution < 1.29 is 36.9 Å². The molecule has 1 unspecified atom stereocenters. The number of nitrogens with zero attached hydrogens (tertiary/aromatic N) is 2. The SMILES string of the molecule is O=C(O)N1CCN(CCC2CC(OC(F)F)C2)CC1COC(F)F. The van der Waals surface area contributed by atoms with Crippen LogP contribution in [0.2, 0.25) is 0 Å². The molecule has 1 amide bonds. The molecule has 1 heterocycles. The van der Waals surface area contributed by atoms with Gasteiger partial charge in [-0.1, -0.05) is 0 Å². The predicted octanol–water partition coefficient (Wildman–Crippen LogP) is 2.30. The van der Waals surface area contributed by atoms with E-state index in [1.165, 1.54) is 0 Å². The van der Waals surface area contributed by atoms with Crippen LogP contribution >= 0.6 is 0 Å². The van der Waals surface area contributed by atoms with Gasteiger partial charge in [0.15, 0.2) is 0 Å². The molecule has 2 rings (SSSR count). The van der Waals surface area contributed by atoms with E-state index in [4.69, 9.17) is 5.11 Å². The van der Waals surface area contributed by atoms with E-state index >= 15 is 0 Å². The molecule has 1 saturated carbocycles. The van der Waals surface area contributed by atoms with Crippen molar-refractivity contribution >= 4 is 6.09 Å². The summed E-state index contributed by atoms with van der Waals surface area (Å²) >= 11 is 0. The van der Waals surface area contributed by atoms with E-state index in [1.54, 1.807) is 0 Å². The molecule has 0 radical (unpaired) electrons. The molecule has 1 atom stereocenters. The lowest BCUT2D eigenvalue weighted by Crippen LogP contribution is -2.57. The van der Waals surface area contributed by atoms with Crippen LogP contribution in [-0.4, -0.2) is 79.2 Å². The molecule has 24 heavy (non-hydrogen) atoms. The number of piperazine rings is 1. The van der Waals surface area contributed by atoms with Crippen molar-refractivity contribution in [2.75, 3.05) is 32.8 Å². The van der Waals surface area contributed by atoms with E-state index in [-0.39, 0.29) is 19.3 Å². The van der Waals surface area contributed by atoms with Crippen molar-refractivity contribution in [2.45, 2.75) is 44.6 Å². The third-order valence-electron chi connectivity index (χ3n) is 4.57. The Bertz CT molecular complexity index is 410. The highest BCUT2D eigenvalue weighted by Crippen LogP contribution is 2.34.